The first-order valence-corrected chi connectivity index (χ1v) is 11.9. The van der Waals surface area contributed by atoms with Gasteiger partial charge in [-0.05, 0) is 60.7 Å². The third-order valence-corrected chi connectivity index (χ3v) is 7.28. The fourth-order valence-corrected chi connectivity index (χ4v) is 4.98. The molecule has 0 aliphatic carbocycles. The number of cyclic esters (lactones) is 1. The van der Waals surface area contributed by atoms with Crippen LogP contribution in [0.15, 0.2) is 80.7 Å². The van der Waals surface area contributed by atoms with Crippen molar-refractivity contribution >= 4 is 28.0 Å². The van der Waals surface area contributed by atoms with Gasteiger partial charge in [0.25, 0.3) is 0 Å². The number of esters is 1. The maximum Gasteiger partial charge on any atom is 0.363 e. The van der Waals surface area contributed by atoms with Crippen molar-refractivity contribution in [2.24, 2.45) is 4.99 Å². The largest absolute Gasteiger partial charge is 0.457 e. The first-order valence-electron chi connectivity index (χ1n) is 10.5. The van der Waals surface area contributed by atoms with Gasteiger partial charge in [-0.15, -0.1) is 0 Å². The summed E-state index contributed by atoms with van der Waals surface area (Å²) in [5.74, 6) is -0.0957. The number of sulfonamides is 1. The molecule has 174 valence electrons. The number of morpholine rings is 1. The lowest BCUT2D eigenvalue weighted by Gasteiger charge is -2.26. The fraction of sp³-hybridized carbons (Fsp3) is 0.167. The van der Waals surface area contributed by atoms with Crippen molar-refractivity contribution in [1.29, 1.82) is 0 Å². The Morgan fingerprint density at radius 1 is 0.912 bits per heavy atom. The summed E-state index contributed by atoms with van der Waals surface area (Å²) in [6.45, 7) is 1.41. The molecule has 2 aromatic carbocycles. The second kappa shape index (κ2) is 8.98. The van der Waals surface area contributed by atoms with Gasteiger partial charge < -0.3 is 13.9 Å². The molecule has 0 bridgehead atoms. The molecular weight excluding hydrogens is 463 g/mol. The Kier molecular flexibility index (Phi) is 5.86. The van der Waals surface area contributed by atoms with Gasteiger partial charge in [0.2, 0.25) is 15.9 Å². The van der Waals surface area contributed by atoms with Crippen LogP contribution in [-0.4, -0.2) is 50.9 Å². The van der Waals surface area contributed by atoms with Crippen LogP contribution in [0.1, 0.15) is 11.3 Å². The highest BCUT2D eigenvalue weighted by Gasteiger charge is 2.27. The third kappa shape index (κ3) is 4.43. The molecule has 1 aromatic heterocycles. The minimum Gasteiger partial charge on any atom is -0.457 e. The zero-order valence-electron chi connectivity index (χ0n) is 17.8. The third-order valence-electron chi connectivity index (χ3n) is 5.36. The molecule has 0 spiro atoms. The number of rotatable bonds is 5. The van der Waals surface area contributed by atoms with Crippen LogP contribution in [0.25, 0.3) is 17.4 Å². The molecule has 34 heavy (non-hydrogen) atoms. The van der Waals surface area contributed by atoms with E-state index in [0.717, 1.165) is 0 Å². The molecule has 0 amide bonds. The second-order valence-corrected chi connectivity index (χ2v) is 9.52. The predicted molar refractivity (Wildman–Crippen MR) is 121 cm³/mol. The predicted octanol–water partition coefficient (Wildman–Crippen LogP) is 3.45. The Hall–Kier alpha value is -3.60. The van der Waals surface area contributed by atoms with E-state index in [0.29, 0.717) is 49.0 Å². The fourth-order valence-electron chi connectivity index (χ4n) is 3.57. The zero-order valence-corrected chi connectivity index (χ0v) is 18.6. The average Bonchev–Trinajstić information content (AvgIpc) is 3.47. The smallest absolute Gasteiger partial charge is 0.363 e. The number of benzene rings is 2. The van der Waals surface area contributed by atoms with E-state index in [1.165, 1.54) is 46.8 Å². The van der Waals surface area contributed by atoms with E-state index in [1.807, 2.05) is 0 Å². The normalized spacial score (nSPS) is 18.2. The number of carbonyl (C=O) groups is 1. The molecule has 3 aromatic rings. The highest BCUT2D eigenvalue weighted by molar-refractivity contribution is 7.89. The monoisotopic (exact) mass is 482 g/mol. The van der Waals surface area contributed by atoms with Crippen LogP contribution >= 0.6 is 0 Å². The summed E-state index contributed by atoms with van der Waals surface area (Å²) >= 11 is 0. The summed E-state index contributed by atoms with van der Waals surface area (Å²) in [5.41, 5.74) is 1.20. The van der Waals surface area contributed by atoms with E-state index in [1.54, 1.807) is 24.3 Å². The number of furan rings is 1. The number of aliphatic imine (C=N–C) groups is 1. The van der Waals surface area contributed by atoms with Crippen LogP contribution in [0, 0.1) is 5.82 Å². The highest BCUT2D eigenvalue weighted by atomic mass is 32.2. The van der Waals surface area contributed by atoms with Crippen molar-refractivity contribution in [3.63, 3.8) is 0 Å². The lowest BCUT2D eigenvalue weighted by Crippen LogP contribution is -2.40. The Labute approximate surface area is 195 Å². The van der Waals surface area contributed by atoms with Gasteiger partial charge in [0.1, 0.15) is 17.3 Å². The van der Waals surface area contributed by atoms with Crippen LogP contribution < -0.4 is 0 Å². The minimum atomic E-state index is -3.58. The maximum absolute atomic E-state index is 13.1. The van der Waals surface area contributed by atoms with Gasteiger partial charge >= 0.3 is 5.97 Å². The molecule has 2 aliphatic rings. The Balaban J connectivity index is 1.34. The summed E-state index contributed by atoms with van der Waals surface area (Å²) in [4.78, 5) is 16.5. The molecule has 0 saturated carbocycles. The molecule has 5 rings (SSSR count). The molecule has 0 radical (unpaired) electrons. The molecule has 2 aliphatic heterocycles. The lowest BCUT2D eigenvalue weighted by molar-refractivity contribution is -0.129. The molecule has 8 nitrogen and oxygen atoms in total. The molecule has 0 atom stereocenters. The number of nitrogens with zero attached hydrogens (tertiary/aromatic N) is 2. The summed E-state index contributed by atoms with van der Waals surface area (Å²) in [6, 6.07) is 15.2. The zero-order chi connectivity index (χ0) is 23.7. The first-order chi connectivity index (χ1) is 16.4. The number of hydrogen-bond acceptors (Lipinski definition) is 7. The molecule has 10 heteroatoms. The quantitative estimate of drug-likeness (QED) is 0.408. The van der Waals surface area contributed by atoms with E-state index >= 15 is 0 Å². The van der Waals surface area contributed by atoms with E-state index in [2.05, 4.69) is 4.99 Å². The van der Waals surface area contributed by atoms with E-state index in [-0.39, 0.29) is 16.5 Å². The number of carbonyl (C=O) groups excluding carboxylic acids is 1. The van der Waals surface area contributed by atoms with Crippen LogP contribution in [0.5, 0.6) is 0 Å². The van der Waals surface area contributed by atoms with Gasteiger partial charge in [-0.25, -0.2) is 22.6 Å². The molecule has 0 N–H and O–H groups in total. The van der Waals surface area contributed by atoms with Gasteiger partial charge in [-0.2, -0.15) is 4.31 Å². The van der Waals surface area contributed by atoms with Gasteiger partial charge in [-0.3, -0.25) is 0 Å². The maximum atomic E-state index is 13.1. The van der Waals surface area contributed by atoms with Crippen LogP contribution in [-0.2, 0) is 24.3 Å². The Morgan fingerprint density at radius 3 is 2.29 bits per heavy atom. The van der Waals surface area contributed by atoms with Crippen molar-refractivity contribution in [2.75, 3.05) is 26.3 Å². The topological polar surface area (TPSA) is 98.4 Å². The molecule has 0 unspecified atom stereocenters. The van der Waals surface area contributed by atoms with Crippen molar-refractivity contribution in [2.45, 2.75) is 4.90 Å². The Morgan fingerprint density at radius 2 is 1.59 bits per heavy atom. The molecular formula is C24H19FN2O6S. The van der Waals surface area contributed by atoms with Gasteiger partial charge in [0.05, 0.1) is 18.1 Å². The van der Waals surface area contributed by atoms with Crippen LogP contribution in [0.4, 0.5) is 4.39 Å². The van der Waals surface area contributed by atoms with E-state index in [9.17, 15) is 17.6 Å². The Bertz CT molecular complexity index is 1390. The van der Waals surface area contributed by atoms with Crippen molar-refractivity contribution in [3.8, 4) is 11.3 Å². The number of halogens is 1. The summed E-state index contributed by atoms with van der Waals surface area (Å²) in [5, 5.41) is 0. The van der Waals surface area contributed by atoms with E-state index in [4.69, 9.17) is 13.9 Å². The van der Waals surface area contributed by atoms with Crippen LogP contribution in [0.3, 0.4) is 0 Å². The summed E-state index contributed by atoms with van der Waals surface area (Å²) < 4.78 is 56.3. The second-order valence-electron chi connectivity index (χ2n) is 7.59. The first kappa shape index (κ1) is 22.2. The van der Waals surface area contributed by atoms with Gasteiger partial charge in [0, 0.05) is 30.3 Å². The lowest BCUT2D eigenvalue weighted by atomic mass is 10.2. The van der Waals surface area contributed by atoms with Crippen molar-refractivity contribution < 1.29 is 31.5 Å². The van der Waals surface area contributed by atoms with Crippen molar-refractivity contribution in [3.05, 3.63) is 83.5 Å². The van der Waals surface area contributed by atoms with Crippen LogP contribution in [0.2, 0.25) is 0 Å². The summed E-state index contributed by atoms with van der Waals surface area (Å²) in [6.07, 6.45) is 1.44. The number of hydrogen-bond donors (Lipinski definition) is 0. The standard InChI is InChI=1S/C24H19FN2O6S/c25-18-5-1-17(2-6-18)23-26-21(24(28)33-23)15-19-7-10-22(32-19)16-3-8-20(9-4-16)34(29,30)27-11-13-31-14-12-27/h1-10,15H,11-14H2. The molecule has 3 heterocycles. The molecule has 1 fully saturated rings. The van der Waals surface area contributed by atoms with Crippen molar-refractivity contribution in [1.82, 2.24) is 4.31 Å². The van der Waals surface area contributed by atoms with Gasteiger partial charge in [0.15, 0.2) is 5.70 Å². The molecule has 1 saturated heterocycles. The minimum absolute atomic E-state index is 0.0483. The SMILES string of the molecule is O=C1OC(c2ccc(F)cc2)=NC1=Cc1ccc(-c2ccc(S(=O)(=O)N3CCOCC3)cc2)o1. The van der Waals surface area contributed by atoms with E-state index < -0.39 is 21.8 Å². The van der Waals surface area contributed by atoms with Gasteiger partial charge in [-0.1, -0.05) is 0 Å². The summed E-state index contributed by atoms with van der Waals surface area (Å²) in [7, 11) is -3.58. The number of ether oxygens (including phenoxy) is 2. The highest BCUT2D eigenvalue weighted by Crippen LogP contribution is 2.27. The average molecular weight is 482 g/mol.